The van der Waals surface area contributed by atoms with Crippen LogP contribution >= 0.6 is 0 Å². The summed E-state index contributed by atoms with van der Waals surface area (Å²) in [6, 6.07) is 3.89. The van der Waals surface area contributed by atoms with E-state index in [9.17, 15) is 14.7 Å². The third kappa shape index (κ3) is 2.60. The second kappa shape index (κ2) is 5.50. The van der Waals surface area contributed by atoms with Gasteiger partial charge in [0.1, 0.15) is 5.75 Å². The lowest BCUT2D eigenvalue weighted by Crippen LogP contribution is -2.37. The van der Waals surface area contributed by atoms with Gasteiger partial charge in [-0.1, -0.05) is 6.92 Å². The van der Waals surface area contributed by atoms with Crippen molar-refractivity contribution in [3.05, 3.63) is 23.8 Å². The Balaban J connectivity index is 2.25. The second-order valence-electron chi connectivity index (χ2n) is 5.05. The highest BCUT2D eigenvalue weighted by molar-refractivity contribution is 6.02. The molecule has 1 aliphatic rings. The van der Waals surface area contributed by atoms with E-state index in [0.717, 1.165) is 19.0 Å². The van der Waals surface area contributed by atoms with Crippen LogP contribution in [0.5, 0.6) is 5.75 Å². The number of amides is 1. The van der Waals surface area contributed by atoms with Crippen LogP contribution in [0.15, 0.2) is 18.2 Å². The Morgan fingerprint density at radius 2 is 2.20 bits per heavy atom. The van der Waals surface area contributed by atoms with Gasteiger partial charge >= 0.3 is 5.97 Å². The topological polar surface area (TPSA) is 98.7 Å². The summed E-state index contributed by atoms with van der Waals surface area (Å²) >= 11 is 0. The van der Waals surface area contributed by atoms with Crippen LogP contribution in [0.3, 0.4) is 0 Å². The van der Waals surface area contributed by atoms with E-state index in [2.05, 4.69) is 10.6 Å². The Morgan fingerprint density at radius 1 is 1.45 bits per heavy atom. The smallest absolute Gasteiger partial charge is 0.337 e. The molecular formula is C14H18N2O4. The number of aromatic carboxylic acids is 1. The molecule has 1 aliphatic heterocycles. The lowest BCUT2D eigenvalue weighted by atomic mass is 9.83. The average molecular weight is 278 g/mol. The molecule has 1 atom stereocenters. The summed E-state index contributed by atoms with van der Waals surface area (Å²) in [7, 11) is 0. The molecule has 1 aromatic rings. The molecule has 6 nitrogen and oxygen atoms in total. The second-order valence-corrected chi connectivity index (χ2v) is 5.05. The minimum atomic E-state index is -1.19. The van der Waals surface area contributed by atoms with Crippen LogP contribution in [0.1, 0.15) is 30.1 Å². The third-order valence-corrected chi connectivity index (χ3v) is 3.88. The summed E-state index contributed by atoms with van der Waals surface area (Å²) < 4.78 is 0. The Bertz CT molecular complexity index is 536. The van der Waals surface area contributed by atoms with Crippen molar-refractivity contribution >= 4 is 17.6 Å². The molecule has 0 spiro atoms. The molecule has 1 unspecified atom stereocenters. The van der Waals surface area contributed by atoms with Gasteiger partial charge in [0, 0.05) is 6.54 Å². The predicted octanol–water partition coefficient (Wildman–Crippen LogP) is 1.42. The maximum Gasteiger partial charge on any atom is 0.337 e. The fourth-order valence-corrected chi connectivity index (χ4v) is 2.47. The first-order valence-corrected chi connectivity index (χ1v) is 6.57. The van der Waals surface area contributed by atoms with Crippen molar-refractivity contribution in [2.24, 2.45) is 5.41 Å². The van der Waals surface area contributed by atoms with E-state index >= 15 is 0 Å². The molecule has 0 bridgehead atoms. The predicted molar refractivity (Wildman–Crippen MR) is 73.9 cm³/mol. The molecule has 6 heteroatoms. The average Bonchev–Trinajstić information content (AvgIpc) is 2.90. The van der Waals surface area contributed by atoms with E-state index < -0.39 is 11.4 Å². The molecule has 0 radical (unpaired) electrons. The largest absolute Gasteiger partial charge is 0.508 e. The van der Waals surface area contributed by atoms with E-state index in [0.29, 0.717) is 13.0 Å². The molecule has 4 N–H and O–H groups in total. The summed E-state index contributed by atoms with van der Waals surface area (Å²) in [6.45, 7) is 3.32. The number of carbonyl (C=O) groups is 2. The van der Waals surface area contributed by atoms with E-state index in [1.807, 2.05) is 6.92 Å². The van der Waals surface area contributed by atoms with Crippen molar-refractivity contribution in [2.45, 2.75) is 19.8 Å². The minimum Gasteiger partial charge on any atom is -0.508 e. The molecule has 1 fully saturated rings. The summed E-state index contributed by atoms with van der Waals surface area (Å²) in [5.41, 5.74) is -0.399. The zero-order chi connectivity index (χ0) is 14.8. The highest BCUT2D eigenvalue weighted by atomic mass is 16.4. The molecule has 0 aromatic heterocycles. The number of phenols is 1. The van der Waals surface area contributed by atoms with Gasteiger partial charge in [-0.2, -0.15) is 0 Å². The molecule has 0 aliphatic carbocycles. The van der Waals surface area contributed by atoms with Crippen molar-refractivity contribution in [3.8, 4) is 5.75 Å². The Hall–Kier alpha value is -2.08. The Kier molecular flexibility index (Phi) is 3.94. The monoisotopic (exact) mass is 278 g/mol. The first kappa shape index (κ1) is 14.3. The highest BCUT2D eigenvalue weighted by Gasteiger charge is 2.39. The molecule has 108 valence electrons. The van der Waals surface area contributed by atoms with E-state index in [-0.39, 0.29) is 22.9 Å². The van der Waals surface area contributed by atoms with Gasteiger partial charge in [-0.05, 0) is 37.6 Å². The Labute approximate surface area is 116 Å². The van der Waals surface area contributed by atoms with Crippen LogP contribution in [-0.2, 0) is 4.79 Å². The molecule has 2 rings (SSSR count). The van der Waals surface area contributed by atoms with Gasteiger partial charge in [0.15, 0.2) is 0 Å². The number of carboxylic acids is 1. The van der Waals surface area contributed by atoms with Crippen LogP contribution in [0.4, 0.5) is 5.69 Å². The van der Waals surface area contributed by atoms with Gasteiger partial charge in [-0.25, -0.2) is 4.79 Å². The van der Waals surface area contributed by atoms with Gasteiger partial charge in [-0.3, -0.25) is 4.79 Å². The number of nitrogens with one attached hydrogen (secondary N) is 2. The molecule has 1 heterocycles. The van der Waals surface area contributed by atoms with Crippen LogP contribution < -0.4 is 10.6 Å². The van der Waals surface area contributed by atoms with E-state index in [4.69, 9.17) is 5.11 Å². The number of carboxylic acid groups (broad SMARTS) is 1. The number of phenolic OH excluding ortho intramolecular Hbond substituents is 1. The van der Waals surface area contributed by atoms with Gasteiger partial charge in [0.25, 0.3) is 0 Å². The Morgan fingerprint density at radius 3 is 2.75 bits per heavy atom. The van der Waals surface area contributed by atoms with Crippen LogP contribution in [0.2, 0.25) is 0 Å². The molecular weight excluding hydrogens is 260 g/mol. The number of carbonyl (C=O) groups excluding carboxylic acids is 1. The maximum atomic E-state index is 12.4. The lowest BCUT2D eigenvalue weighted by molar-refractivity contribution is -0.124. The molecule has 1 aromatic carbocycles. The first-order chi connectivity index (χ1) is 9.48. The highest BCUT2D eigenvalue weighted by Crippen LogP contribution is 2.32. The minimum absolute atomic E-state index is 0.115. The van der Waals surface area contributed by atoms with Gasteiger partial charge in [-0.15, -0.1) is 0 Å². The van der Waals surface area contributed by atoms with Crippen molar-refractivity contribution in [1.82, 2.24) is 5.32 Å². The van der Waals surface area contributed by atoms with Crippen LogP contribution in [0.25, 0.3) is 0 Å². The third-order valence-electron chi connectivity index (χ3n) is 3.88. The number of rotatable bonds is 4. The van der Waals surface area contributed by atoms with Crippen molar-refractivity contribution in [3.63, 3.8) is 0 Å². The molecule has 0 saturated carbocycles. The van der Waals surface area contributed by atoms with Gasteiger partial charge < -0.3 is 20.8 Å². The maximum absolute atomic E-state index is 12.4. The molecule has 1 saturated heterocycles. The fraction of sp³-hybridized carbons (Fsp3) is 0.429. The molecule has 1 amide bonds. The normalized spacial score (nSPS) is 21.6. The summed E-state index contributed by atoms with van der Waals surface area (Å²) in [4.78, 5) is 23.6. The number of benzene rings is 1. The summed E-state index contributed by atoms with van der Waals surface area (Å²) in [5.74, 6) is -1.52. The van der Waals surface area contributed by atoms with E-state index in [1.54, 1.807) is 0 Å². The number of hydrogen-bond acceptors (Lipinski definition) is 4. The quantitative estimate of drug-likeness (QED) is 0.624. The zero-order valence-corrected chi connectivity index (χ0v) is 11.3. The van der Waals surface area contributed by atoms with Crippen molar-refractivity contribution in [2.75, 3.05) is 18.4 Å². The first-order valence-electron chi connectivity index (χ1n) is 6.57. The number of hydrogen-bond donors (Lipinski definition) is 4. The van der Waals surface area contributed by atoms with Crippen molar-refractivity contribution in [1.29, 1.82) is 0 Å². The van der Waals surface area contributed by atoms with Gasteiger partial charge in [0.2, 0.25) is 5.91 Å². The van der Waals surface area contributed by atoms with Gasteiger partial charge in [0.05, 0.1) is 16.7 Å². The summed E-state index contributed by atoms with van der Waals surface area (Å²) in [6.07, 6.45) is 1.42. The fourth-order valence-electron chi connectivity index (χ4n) is 2.47. The number of aromatic hydroxyl groups is 1. The standard InChI is InChI=1S/C14H18N2O4/c1-2-14(5-6-15-8-14)13(20)16-11-4-3-9(17)7-10(11)12(18)19/h3-4,7,15,17H,2,5-6,8H2,1H3,(H,16,20)(H,18,19). The van der Waals surface area contributed by atoms with E-state index in [1.165, 1.54) is 12.1 Å². The van der Waals surface area contributed by atoms with Crippen molar-refractivity contribution < 1.29 is 19.8 Å². The molecule has 20 heavy (non-hydrogen) atoms. The number of anilines is 1. The summed E-state index contributed by atoms with van der Waals surface area (Å²) in [5, 5.41) is 24.3. The van der Waals surface area contributed by atoms with Crippen LogP contribution in [0, 0.1) is 5.41 Å². The SMILES string of the molecule is CCC1(C(=O)Nc2ccc(O)cc2C(=O)O)CCNC1. The van der Waals surface area contributed by atoms with Crippen LogP contribution in [-0.4, -0.2) is 35.2 Å². The lowest BCUT2D eigenvalue weighted by Gasteiger charge is -2.25. The zero-order valence-electron chi connectivity index (χ0n) is 11.3.